The molecule has 0 aliphatic carbocycles. The van der Waals surface area contributed by atoms with Crippen LogP contribution in [0.25, 0.3) is 29.3 Å². The second kappa shape index (κ2) is 13.7. The minimum atomic E-state index is -0.415. The Morgan fingerprint density at radius 1 is 0.676 bits per heavy atom. The molecule has 0 amide bonds. The van der Waals surface area contributed by atoms with Gasteiger partial charge in [0.1, 0.15) is 11.6 Å². The average molecular weight is 642 g/mol. The largest absolute Gasteiger partial charge is 0.297 e. The molecule has 0 unspecified atom stereocenters. The number of unbranched alkanes of at least 4 members (excludes halogenated alkanes) is 6. The van der Waals surface area contributed by atoms with E-state index < -0.39 is 11.6 Å². The summed E-state index contributed by atoms with van der Waals surface area (Å²) in [6, 6.07) is 7.16. The number of hydrogen-bond acceptors (Lipinski definition) is 5. The number of aryl methyl sites for hydroxylation is 2. The van der Waals surface area contributed by atoms with Crippen molar-refractivity contribution < 1.29 is 13.6 Å². The molecule has 0 aliphatic rings. The number of aldehydes is 1. The zero-order chi connectivity index (χ0) is 26.4. The van der Waals surface area contributed by atoms with Gasteiger partial charge in [0.2, 0.25) is 0 Å². The van der Waals surface area contributed by atoms with Crippen LogP contribution in [0.3, 0.4) is 0 Å². The van der Waals surface area contributed by atoms with Crippen LogP contribution in [0, 0.1) is 11.6 Å². The summed E-state index contributed by atoms with van der Waals surface area (Å²) in [5.41, 5.74) is 2.28. The highest BCUT2D eigenvalue weighted by Gasteiger charge is 2.22. The van der Waals surface area contributed by atoms with Crippen LogP contribution in [-0.2, 0) is 12.8 Å². The first-order valence-electron chi connectivity index (χ1n) is 12.9. The quantitative estimate of drug-likeness (QED) is 0.0989. The minimum absolute atomic E-state index is 0.324. The maximum Gasteiger partial charge on any atom is 0.160 e. The van der Waals surface area contributed by atoms with Crippen LogP contribution in [-0.4, -0.2) is 6.29 Å². The van der Waals surface area contributed by atoms with Gasteiger partial charge in [-0.2, -0.15) is 0 Å². The van der Waals surface area contributed by atoms with Gasteiger partial charge in [-0.1, -0.05) is 52.4 Å². The van der Waals surface area contributed by atoms with Crippen LogP contribution < -0.4 is 0 Å². The Morgan fingerprint density at radius 3 is 1.70 bits per heavy atom. The molecular weight excluding hydrogens is 610 g/mol. The Bertz CT molecular complexity index is 1330. The lowest BCUT2D eigenvalue weighted by Gasteiger charge is -1.98. The summed E-state index contributed by atoms with van der Waals surface area (Å²) < 4.78 is 31.3. The fourth-order valence-corrected chi connectivity index (χ4v) is 9.48. The van der Waals surface area contributed by atoms with Gasteiger partial charge in [-0.05, 0) is 77.0 Å². The summed E-state index contributed by atoms with van der Waals surface area (Å²) in [7, 11) is 0. The summed E-state index contributed by atoms with van der Waals surface area (Å²) in [4.78, 5) is 16.4. The van der Waals surface area contributed by atoms with Crippen LogP contribution in [0.1, 0.15) is 86.0 Å². The molecule has 4 rings (SSSR count). The summed E-state index contributed by atoms with van der Waals surface area (Å²) >= 11 is 9.25. The lowest BCUT2D eigenvalue weighted by Crippen LogP contribution is -1.87. The molecule has 0 spiro atoms. The van der Waals surface area contributed by atoms with Crippen molar-refractivity contribution in [2.45, 2.75) is 78.1 Å². The standard InChI is InChI=1S/C29H31BrF2OS4/c1-3-5-7-9-11-18-13-22(34-26(18)17-33)24-15-20(31)27(35-24)28-21(32)16-25(36-28)23-14-19(29(30)37-23)12-10-8-6-4-2/h13-17H,3-12H2,1-2H3. The molecule has 4 heterocycles. The van der Waals surface area contributed by atoms with Gasteiger partial charge >= 0.3 is 0 Å². The van der Waals surface area contributed by atoms with Gasteiger partial charge in [0, 0.05) is 19.5 Å². The predicted octanol–water partition coefficient (Wildman–Crippen LogP) is 12.0. The van der Waals surface area contributed by atoms with Crippen LogP contribution >= 0.6 is 61.3 Å². The van der Waals surface area contributed by atoms with Gasteiger partial charge in [0.15, 0.2) is 6.29 Å². The molecule has 0 aromatic carbocycles. The number of carbonyl (C=O) groups excluding carboxylic acids is 1. The second-order valence-corrected chi connectivity index (χ2v) is 14.8. The third-order valence-electron chi connectivity index (χ3n) is 6.37. The second-order valence-electron chi connectivity index (χ2n) is 9.22. The van der Waals surface area contributed by atoms with Gasteiger partial charge in [0.25, 0.3) is 0 Å². The highest BCUT2D eigenvalue weighted by Crippen LogP contribution is 2.47. The predicted molar refractivity (Wildman–Crippen MR) is 163 cm³/mol. The van der Waals surface area contributed by atoms with Crippen LogP contribution in [0.15, 0.2) is 28.1 Å². The monoisotopic (exact) mass is 640 g/mol. The van der Waals surface area contributed by atoms with E-state index in [0.717, 1.165) is 73.7 Å². The molecule has 0 N–H and O–H groups in total. The van der Waals surface area contributed by atoms with E-state index in [1.54, 1.807) is 11.3 Å². The van der Waals surface area contributed by atoms with Crippen LogP contribution in [0.4, 0.5) is 8.78 Å². The van der Waals surface area contributed by atoms with Crippen molar-refractivity contribution in [3.63, 3.8) is 0 Å². The Balaban J connectivity index is 1.55. The molecule has 0 saturated heterocycles. The first kappa shape index (κ1) is 28.8. The molecule has 0 atom stereocenters. The van der Waals surface area contributed by atoms with Crippen LogP contribution in [0.2, 0.25) is 0 Å². The molecule has 0 bridgehead atoms. The fourth-order valence-electron chi connectivity index (χ4n) is 4.33. The average Bonchev–Trinajstić information content (AvgIpc) is 3.65. The Kier molecular flexibility index (Phi) is 10.7. The zero-order valence-electron chi connectivity index (χ0n) is 21.1. The van der Waals surface area contributed by atoms with Gasteiger partial charge in [0.05, 0.1) is 18.4 Å². The Labute approximate surface area is 242 Å². The molecule has 0 saturated carbocycles. The molecule has 37 heavy (non-hydrogen) atoms. The van der Waals surface area contributed by atoms with E-state index in [2.05, 4.69) is 35.8 Å². The number of hydrogen-bond donors (Lipinski definition) is 0. The number of rotatable bonds is 14. The smallest absolute Gasteiger partial charge is 0.160 e. The fraction of sp³-hybridized carbons (Fsp3) is 0.414. The highest BCUT2D eigenvalue weighted by atomic mass is 79.9. The summed E-state index contributed by atoms with van der Waals surface area (Å²) in [6.45, 7) is 4.38. The molecule has 0 radical (unpaired) electrons. The number of carbonyl (C=O) groups is 1. The van der Waals surface area contributed by atoms with E-state index in [0.29, 0.717) is 14.6 Å². The van der Waals surface area contributed by atoms with Crippen molar-refractivity contribution in [3.05, 3.63) is 55.7 Å². The van der Waals surface area contributed by atoms with Gasteiger partial charge in [-0.15, -0.1) is 45.3 Å². The van der Waals surface area contributed by atoms with E-state index >= 15 is 8.78 Å². The van der Waals surface area contributed by atoms with Crippen molar-refractivity contribution in [2.75, 3.05) is 0 Å². The van der Waals surface area contributed by atoms with E-state index in [1.165, 1.54) is 77.4 Å². The minimum Gasteiger partial charge on any atom is -0.297 e. The molecule has 4 aromatic rings. The SMILES string of the molecule is CCCCCCc1cc(-c2cc(F)c(-c3sc(-c4cc(CCCCCC)c(C=O)s4)cc3F)s2)sc1Br. The van der Waals surface area contributed by atoms with E-state index in [1.807, 2.05) is 6.07 Å². The molecule has 198 valence electrons. The number of halogens is 3. The molecule has 0 aliphatic heterocycles. The first-order chi connectivity index (χ1) is 17.9. The maximum atomic E-state index is 15.1. The molecular formula is C29H31BrF2OS4. The summed E-state index contributed by atoms with van der Waals surface area (Å²) in [5.74, 6) is -0.806. The van der Waals surface area contributed by atoms with Crippen LogP contribution in [0.5, 0.6) is 0 Å². The Morgan fingerprint density at radius 2 is 1.16 bits per heavy atom. The van der Waals surface area contributed by atoms with Gasteiger partial charge < -0.3 is 0 Å². The van der Waals surface area contributed by atoms with Crippen molar-refractivity contribution in [1.29, 1.82) is 0 Å². The number of thiophene rings is 4. The lowest BCUT2D eigenvalue weighted by atomic mass is 10.1. The first-order valence-corrected chi connectivity index (χ1v) is 17.0. The third-order valence-corrected chi connectivity index (χ3v) is 12.2. The van der Waals surface area contributed by atoms with Gasteiger partial charge in [-0.25, -0.2) is 8.78 Å². The van der Waals surface area contributed by atoms with Crippen molar-refractivity contribution in [3.8, 4) is 29.3 Å². The maximum absolute atomic E-state index is 15.1. The van der Waals surface area contributed by atoms with Gasteiger partial charge in [-0.3, -0.25) is 4.79 Å². The van der Waals surface area contributed by atoms with Crippen molar-refractivity contribution >= 4 is 67.6 Å². The van der Waals surface area contributed by atoms with Crippen molar-refractivity contribution in [1.82, 2.24) is 0 Å². The molecule has 0 fully saturated rings. The van der Waals surface area contributed by atoms with E-state index in [-0.39, 0.29) is 0 Å². The molecule has 1 nitrogen and oxygen atoms in total. The lowest BCUT2D eigenvalue weighted by molar-refractivity contribution is 0.112. The summed E-state index contributed by atoms with van der Waals surface area (Å²) in [6.07, 6.45) is 12.1. The molecule has 8 heteroatoms. The Hall–Kier alpha value is -1.19. The highest BCUT2D eigenvalue weighted by molar-refractivity contribution is 9.11. The zero-order valence-corrected chi connectivity index (χ0v) is 26.0. The van der Waals surface area contributed by atoms with E-state index in [9.17, 15) is 4.79 Å². The van der Waals surface area contributed by atoms with E-state index in [4.69, 9.17) is 0 Å². The topological polar surface area (TPSA) is 17.1 Å². The summed E-state index contributed by atoms with van der Waals surface area (Å²) in [5, 5.41) is 0. The molecule has 4 aromatic heterocycles. The van der Waals surface area contributed by atoms with Crippen molar-refractivity contribution in [2.24, 2.45) is 0 Å². The third kappa shape index (κ3) is 7.07. The normalized spacial score (nSPS) is 11.5.